The van der Waals surface area contributed by atoms with E-state index in [9.17, 15) is 15.3 Å². The Hall–Kier alpha value is -3.80. The summed E-state index contributed by atoms with van der Waals surface area (Å²) in [5.74, 6) is 0.242. The number of aromatic nitrogens is 1. The third kappa shape index (κ3) is 2.73. The summed E-state index contributed by atoms with van der Waals surface area (Å²) in [4.78, 5) is 8.51. The van der Waals surface area contributed by atoms with Gasteiger partial charge in [-0.1, -0.05) is 24.3 Å². The number of rotatable bonds is 2. The SMILES string of the molecule is N#CNC1=NC(c2ccccc2B(O)O)c2c(nc(N)c(C#N)c2N)N1. The molecule has 1 atom stereocenters. The van der Waals surface area contributed by atoms with Gasteiger partial charge in [0.15, 0.2) is 6.19 Å². The zero-order valence-corrected chi connectivity index (χ0v) is 13.3. The number of benzene rings is 1. The van der Waals surface area contributed by atoms with Gasteiger partial charge < -0.3 is 26.8 Å². The maximum absolute atomic E-state index is 9.67. The van der Waals surface area contributed by atoms with Crippen molar-refractivity contribution in [2.75, 3.05) is 16.8 Å². The minimum absolute atomic E-state index is 0.00414. The molecule has 0 fully saturated rings. The van der Waals surface area contributed by atoms with Crippen LogP contribution in [0.3, 0.4) is 0 Å². The number of nitrogens with zero attached hydrogens (tertiary/aromatic N) is 4. The van der Waals surface area contributed by atoms with Crippen molar-refractivity contribution in [1.29, 1.82) is 10.5 Å². The van der Waals surface area contributed by atoms with Crippen molar-refractivity contribution < 1.29 is 10.0 Å². The molecule has 1 aliphatic rings. The first-order chi connectivity index (χ1) is 12.5. The van der Waals surface area contributed by atoms with Gasteiger partial charge in [-0.3, -0.25) is 5.32 Å². The van der Waals surface area contributed by atoms with Crippen molar-refractivity contribution in [3.05, 3.63) is 41.0 Å². The van der Waals surface area contributed by atoms with Gasteiger partial charge in [-0.05, 0) is 11.0 Å². The molecule has 1 aromatic heterocycles. The summed E-state index contributed by atoms with van der Waals surface area (Å²) in [6.07, 6.45) is 1.74. The van der Waals surface area contributed by atoms with Gasteiger partial charge in [0.25, 0.3) is 0 Å². The molecular formula is C15H13BN8O2. The van der Waals surface area contributed by atoms with E-state index in [-0.39, 0.29) is 34.3 Å². The normalized spacial score (nSPS) is 14.9. The first-order valence-corrected chi connectivity index (χ1v) is 7.41. The molecule has 26 heavy (non-hydrogen) atoms. The lowest BCUT2D eigenvalue weighted by atomic mass is 9.74. The molecule has 0 bridgehead atoms. The van der Waals surface area contributed by atoms with E-state index in [4.69, 9.17) is 16.7 Å². The molecule has 0 aliphatic carbocycles. The van der Waals surface area contributed by atoms with Gasteiger partial charge in [0, 0.05) is 5.56 Å². The maximum atomic E-state index is 9.67. The molecule has 1 unspecified atom stereocenters. The standard InChI is InChI=1S/C15H13BN8O2/c17-5-8-11(19)10-12(7-3-1-2-4-9(7)16(25)26)22-15(21-6-18)24-14(10)23-13(8)20/h1-4,12,25-26H,(H6,19,20,21,22,23,24). The second-order valence-electron chi connectivity index (χ2n) is 5.40. The molecule has 1 aromatic carbocycles. The number of pyridine rings is 1. The highest BCUT2D eigenvalue weighted by molar-refractivity contribution is 6.59. The van der Waals surface area contributed by atoms with Crippen molar-refractivity contribution in [3.8, 4) is 12.3 Å². The number of hydrogen-bond donors (Lipinski definition) is 6. The summed E-state index contributed by atoms with van der Waals surface area (Å²) in [5.41, 5.74) is 13.0. The fraction of sp³-hybridized carbons (Fsp3) is 0.0667. The number of nitrogen functional groups attached to an aromatic ring is 2. The van der Waals surface area contributed by atoms with Gasteiger partial charge in [-0.25, -0.2) is 9.98 Å². The van der Waals surface area contributed by atoms with Crippen molar-refractivity contribution in [2.24, 2.45) is 4.99 Å². The topological polar surface area (TPSA) is 189 Å². The number of fused-ring (bicyclic) bond motifs is 1. The predicted molar refractivity (Wildman–Crippen MR) is 95.7 cm³/mol. The van der Waals surface area contributed by atoms with Crippen LogP contribution in [0.1, 0.15) is 22.7 Å². The van der Waals surface area contributed by atoms with Gasteiger partial charge in [0.2, 0.25) is 5.96 Å². The van der Waals surface area contributed by atoms with E-state index in [0.29, 0.717) is 11.1 Å². The number of hydrogen-bond acceptors (Lipinski definition) is 10. The Morgan fingerprint density at radius 3 is 2.62 bits per heavy atom. The average Bonchev–Trinajstić information content (AvgIpc) is 2.61. The van der Waals surface area contributed by atoms with E-state index < -0.39 is 13.2 Å². The summed E-state index contributed by atoms with van der Waals surface area (Å²) in [6.45, 7) is 0. The van der Waals surface area contributed by atoms with Crippen LogP contribution in [0.2, 0.25) is 0 Å². The van der Waals surface area contributed by atoms with Crippen LogP contribution in [0.15, 0.2) is 29.3 Å². The first kappa shape index (κ1) is 17.0. The number of nitriles is 2. The minimum atomic E-state index is -1.74. The molecule has 0 spiro atoms. The van der Waals surface area contributed by atoms with E-state index in [2.05, 4.69) is 20.6 Å². The molecular weight excluding hydrogens is 335 g/mol. The summed E-state index contributed by atoms with van der Waals surface area (Å²) < 4.78 is 0. The summed E-state index contributed by atoms with van der Waals surface area (Å²) in [6, 6.07) is 7.58. The van der Waals surface area contributed by atoms with E-state index in [0.717, 1.165) is 0 Å². The summed E-state index contributed by atoms with van der Waals surface area (Å²) in [5, 5.41) is 42.7. The van der Waals surface area contributed by atoms with Gasteiger partial charge in [0.05, 0.1) is 5.69 Å². The largest absolute Gasteiger partial charge is 0.488 e. The molecule has 8 N–H and O–H groups in total. The van der Waals surface area contributed by atoms with Crippen molar-refractivity contribution in [1.82, 2.24) is 10.3 Å². The number of guanidine groups is 1. The smallest absolute Gasteiger partial charge is 0.423 e. The highest BCUT2D eigenvalue weighted by Crippen LogP contribution is 2.39. The Labute approximate surface area is 148 Å². The molecule has 3 rings (SSSR count). The number of nitrogens with two attached hydrogens (primary N) is 2. The zero-order chi connectivity index (χ0) is 18.8. The number of aliphatic imine (C=N–C) groups is 1. The van der Waals surface area contributed by atoms with Crippen molar-refractivity contribution in [3.63, 3.8) is 0 Å². The number of anilines is 3. The molecule has 2 heterocycles. The molecule has 128 valence electrons. The molecule has 2 aromatic rings. The third-order valence-corrected chi connectivity index (χ3v) is 3.93. The Kier molecular flexibility index (Phi) is 4.33. The lowest BCUT2D eigenvalue weighted by molar-refractivity contribution is 0.425. The van der Waals surface area contributed by atoms with Crippen LogP contribution < -0.4 is 27.6 Å². The van der Waals surface area contributed by atoms with E-state index in [1.165, 1.54) is 6.07 Å². The van der Waals surface area contributed by atoms with Gasteiger partial charge in [0.1, 0.15) is 29.3 Å². The minimum Gasteiger partial charge on any atom is -0.423 e. The Morgan fingerprint density at radius 1 is 1.23 bits per heavy atom. The maximum Gasteiger partial charge on any atom is 0.488 e. The second kappa shape index (κ2) is 6.60. The van der Waals surface area contributed by atoms with Crippen LogP contribution >= 0.6 is 0 Å². The molecule has 0 saturated heterocycles. The average molecular weight is 348 g/mol. The highest BCUT2D eigenvalue weighted by Gasteiger charge is 2.32. The Morgan fingerprint density at radius 2 is 1.96 bits per heavy atom. The van der Waals surface area contributed by atoms with Crippen LogP contribution in [0, 0.1) is 22.8 Å². The Bertz CT molecular complexity index is 992. The van der Waals surface area contributed by atoms with Crippen LogP contribution in [0.4, 0.5) is 17.3 Å². The monoisotopic (exact) mass is 348 g/mol. The van der Waals surface area contributed by atoms with E-state index in [1.807, 2.05) is 6.07 Å². The summed E-state index contributed by atoms with van der Waals surface area (Å²) >= 11 is 0. The quantitative estimate of drug-likeness (QED) is 0.218. The molecule has 0 saturated carbocycles. The van der Waals surface area contributed by atoms with Crippen LogP contribution in [0.25, 0.3) is 0 Å². The lowest BCUT2D eigenvalue weighted by Crippen LogP contribution is -2.37. The van der Waals surface area contributed by atoms with Crippen LogP contribution in [-0.4, -0.2) is 28.1 Å². The highest BCUT2D eigenvalue weighted by atomic mass is 16.4. The second-order valence-corrected chi connectivity index (χ2v) is 5.40. The summed E-state index contributed by atoms with van der Waals surface area (Å²) in [7, 11) is -1.74. The Balaban J connectivity index is 2.29. The van der Waals surface area contributed by atoms with E-state index >= 15 is 0 Å². The molecule has 1 aliphatic heterocycles. The molecule has 0 amide bonds. The first-order valence-electron chi connectivity index (χ1n) is 7.41. The number of nitrogens with one attached hydrogen (secondary N) is 2. The lowest BCUT2D eigenvalue weighted by Gasteiger charge is -2.27. The molecule has 11 heteroatoms. The van der Waals surface area contributed by atoms with E-state index in [1.54, 1.807) is 24.4 Å². The van der Waals surface area contributed by atoms with Gasteiger partial charge in [-0.2, -0.15) is 10.5 Å². The van der Waals surface area contributed by atoms with Gasteiger partial charge >= 0.3 is 7.12 Å². The van der Waals surface area contributed by atoms with Crippen LogP contribution in [-0.2, 0) is 0 Å². The van der Waals surface area contributed by atoms with Crippen LogP contribution in [0.5, 0.6) is 0 Å². The third-order valence-electron chi connectivity index (χ3n) is 3.93. The molecule has 0 radical (unpaired) electrons. The molecule has 10 nitrogen and oxygen atoms in total. The van der Waals surface area contributed by atoms with Crippen molar-refractivity contribution in [2.45, 2.75) is 6.04 Å². The fourth-order valence-corrected chi connectivity index (χ4v) is 2.80. The fourth-order valence-electron chi connectivity index (χ4n) is 2.80. The van der Waals surface area contributed by atoms with Gasteiger partial charge in [-0.15, -0.1) is 0 Å². The predicted octanol–water partition coefficient (Wildman–Crippen LogP) is -1.26. The van der Waals surface area contributed by atoms with Crippen molar-refractivity contribution >= 4 is 35.9 Å². The zero-order valence-electron chi connectivity index (χ0n) is 13.3.